The summed E-state index contributed by atoms with van der Waals surface area (Å²) in [4.78, 5) is 13.9. The maximum Gasteiger partial charge on any atom is 0.319 e. The summed E-state index contributed by atoms with van der Waals surface area (Å²) in [5.74, 6) is 1.27. The van der Waals surface area contributed by atoms with Crippen molar-refractivity contribution in [2.75, 3.05) is 47.5 Å². The Hall–Kier alpha value is -1.79. The van der Waals surface area contributed by atoms with Gasteiger partial charge in [0.15, 0.2) is 0 Å². The van der Waals surface area contributed by atoms with Gasteiger partial charge in [0.25, 0.3) is 0 Å². The number of hydrogen-bond acceptors (Lipinski definition) is 6. The second kappa shape index (κ2) is 8.35. The molecule has 6 heteroatoms. The average Bonchev–Trinajstić information content (AvgIpc) is 3.00. The molecule has 1 aromatic carbocycles. The molecule has 24 heavy (non-hydrogen) atoms. The molecule has 1 unspecified atom stereocenters. The van der Waals surface area contributed by atoms with E-state index in [4.69, 9.17) is 14.2 Å². The Bertz CT molecular complexity index is 534. The van der Waals surface area contributed by atoms with Crippen molar-refractivity contribution in [3.63, 3.8) is 0 Å². The van der Waals surface area contributed by atoms with Crippen LogP contribution in [-0.4, -0.2) is 58.4 Å². The summed E-state index contributed by atoms with van der Waals surface area (Å²) in [6, 6.07) is 5.79. The molecule has 1 N–H and O–H groups in total. The molecule has 0 amide bonds. The van der Waals surface area contributed by atoms with Gasteiger partial charge in [0.05, 0.1) is 27.9 Å². The summed E-state index contributed by atoms with van der Waals surface area (Å²) in [5.41, 5.74) is 1.21. The predicted molar refractivity (Wildman–Crippen MR) is 92.4 cm³/mol. The normalized spacial score (nSPS) is 20.2. The first kappa shape index (κ1) is 18.5. The van der Waals surface area contributed by atoms with Crippen LogP contribution in [0.25, 0.3) is 0 Å². The monoisotopic (exact) mass is 336 g/mol. The topological polar surface area (TPSA) is 60.0 Å². The molecule has 0 bridgehead atoms. The van der Waals surface area contributed by atoms with E-state index in [-0.39, 0.29) is 17.9 Å². The largest absolute Gasteiger partial charge is 0.497 e. The van der Waals surface area contributed by atoms with Crippen LogP contribution >= 0.6 is 0 Å². The maximum atomic E-state index is 11.8. The third-order valence-electron chi connectivity index (χ3n) is 4.46. The Morgan fingerprint density at radius 3 is 2.38 bits per heavy atom. The number of rotatable bonds is 8. The molecule has 1 aliphatic rings. The number of hydrogen-bond donors (Lipinski definition) is 1. The molecular formula is C18H28N2O4. The lowest BCUT2D eigenvalue weighted by Gasteiger charge is -2.31. The van der Waals surface area contributed by atoms with Crippen molar-refractivity contribution in [2.45, 2.75) is 19.9 Å². The van der Waals surface area contributed by atoms with Gasteiger partial charge in [-0.2, -0.15) is 0 Å². The van der Waals surface area contributed by atoms with Crippen LogP contribution in [0.3, 0.4) is 0 Å². The van der Waals surface area contributed by atoms with Crippen molar-refractivity contribution in [1.29, 1.82) is 0 Å². The molecule has 0 radical (unpaired) electrons. The third kappa shape index (κ3) is 5.11. The SMILES string of the molecule is COC(=O)CN(Cc1cc(OC)cc(OC)c1)CC1(C)CCNC1. The van der Waals surface area contributed by atoms with Gasteiger partial charge >= 0.3 is 5.97 Å². The van der Waals surface area contributed by atoms with Crippen LogP contribution in [0.1, 0.15) is 18.9 Å². The van der Waals surface area contributed by atoms with E-state index in [1.165, 1.54) is 7.11 Å². The van der Waals surface area contributed by atoms with Crippen molar-refractivity contribution in [1.82, 2.24) is 10.2 Å². The standard InChI is InChI=1S/C18H28N2O4/c1-18(5-6-19-12-18)13-20(11-17(21)24-4)10-14-7-15(22-2)9-16(8-14)23-3/h7-9,19H,5-6,10-13H2,1-4H3. The Labute approximate surface area is 144 Å². The van der Waals surface area contributed by atoms with Crippen molar-refractivity contribution >= 4 is 5.97 Å². The summed E-state index contributed by atoms with van der Waals surface area (Å²) < 4.78 is 15.5. The van der Waals surface area contributed by atoms with Crippen LogP contribution in [0.4, 0.5) is 0 Å². The highest BCUT2D eigenvalue weighted by molar-refractivity contribution is 5.71. The highest BCUT2D eigenvalue weighted by atomic mass is 16.5. The summed E-state index contributed by atoms with van der Waals surface area (Å²) >= 11 is 0. The molecular weight excluding hydrogens is 308 g/mol. The number of carbonyl (C=O) groups excluding carboxylic acids is 1. The molecule has 134 valence electrons. The highest BCUT2D eigenvalue weighted by Gasteiger charge is 2.31. The number of methoxy groups -OCH3 is 3. The van der Waals surface area contributed by atoms with Crippen molar-refractivity contribution in [3.05, 3.63) is 23.8 Å². The van der Waals surface area contributed by atoms with E-state index in [9.17, 15) is 4.79 Å². The zero-order valence-electron chi connectivity index (χ0n) is 15.1. The van der Waals surface area contributed by atoms with Crippen LogP contribution in [-0.2, 0) is 16.1 Å². The fourth-order valence-electron chi connectivity index (χ4n) is 3.17. The summed E-state index contributed by atoms with van der Waals surface area (Å²) in [5, 5.41) is 3.40. The minimum absolute atomic E-state index is 0.164. The minimum atomic E-state index is -0.223. The average molecular weight is 336 g/mol. The van der Waals surface area contributed by atoms with Gasteiger partial charge < -0.3 is 19.5 Å². The molecule has 1 aromatic rings. The number of ether oxygens (including phenoxy) is 3. The van der Waals surface area contributed by atoms with E-state index in [1.54, 1.807) is 14.2 Å². The third-order valence-corrected chi connectivity index (χ3v) is 4.46. The number of benzene rings is 1. The predicted octanol–water partition coefficient (Wildman–Crippen LogP) is 1.68. The smallest absolute Gasteiger partial charge is 0.319 e. The van der Waals surface area contributed by atoms with Gasteiger partial charge in [0, 0.05) is 25.7 Å². The van der Waals surface area contributed by atoms with E-state index in [0.717, 1.165) is 43.1 Å². The fraction of sp³-hybridized carbons (Fsp3) is 0.611. The molecule has 2 rings (SSSR count). The summed E-state index contributed by atoms with van der Waals surface area (Å²) in [6.07, 6.45) is 1.10. The maximum absolute atomic E-state index is 11.8. The molecule has 0 aromatic heterocycles. The van der Waals surface area contributed by atoms with Gasteiger partial charge in [-0.05, 0) is 36.1 Å². The Morgan fingerprint density at radius 1 is 1.21 bits per heavy atom. The molecule has 1 fully saturated rings. The number of nitrogens with zero attached hydrogens (tertiary/aromatic N) is 1. The second-order valence-electron chi connectivity index (χ2n) is 6.68. The van der Waals surface area contributed by atoms with E-state index >= 15 is 0 Å². The quantitative estimate of drug-likeness (QED) is 0.729. The van der Waals surface area contributed by atoms with Crippen LogP contribution in [0.5, 0.6) is 11.5 Å². The first-order valence-electron chi connectivity index (χ1n) is 8.20. The lowest BCUT2D eigenvalue weighted by molar-refractivity contribution is -0.142. The first-order chi connectivity index (χ1) is 11.5. The van der Waals surface area contributed by atoms with Crippen LogP contribution in [0, 0.1) is 5.41 Å². The Balaban J connectivity index is 2.15. The zero-order chi connectivity index (χ0) is 17.6. The summed E-state index contributed by atoms with van der Waals surface area (Å²) in [6.45, 7) is 5.98. The first-order valence-corrected chi connectivity index (χ1v) is 8.20. The van der Waals surface area contributed by atoms with Crippen LogP contribution < -0.4 is 14.8 Å². The van der Waals surface area contributed by atoms with E-state index < -0.39 is 0 Å². The second-order valence-corrected chi connectivity index (χ2v) is 6.68. The summed E-state index contributed by atoms with van der Waals surface area (Å²) in [7, 11) is 4.69. The molecule has 6 nitrogen and oxygen atoms in total. The fourth-order valence-corrected chi connectivity index (χ4v) is 3.17. The van der Waals surface area contributed by atoms with Gasteiger partial charge in [0.1, 0.15) is 11.5 Å². The van der Waals surface area contributed by atoms with Crippen molar-refractivity contribution < 1.29 is 19.0 Å². The van der Waals surface area contributed by atoms with E-state index in [1.807, 2.05) is 18.2 Å². The lowest BCUT2D eigenvalue weighted by Crippen LogP contribution is -2.40. The van der Waals surface area contributed by atoms with Crippen LogP contribution in [0.2, 0.25) is 0 Å². The number of esters is 1. The van der Waals surface area contributed by atoms with Gasteiger partial charge in [0.2, 0.25) is 0 Å². The molecule has 1 atom stereocenters. The molecule has 1 heterocycles. The molecule has 0 spiro atoms. The zero-order valence-corrected chi connectivity index (χ0v) is 15.1. The van der Waals surface area contributed by atoms with E-state index in [0.29, 0.717) is 6.54 Å². The van der Waals surface area contributed by atoms with Gasteiger partial charge in [-0.25, -0.2) is 0 Å². The van der Waals surface area contributed by atoms with Gasteiger partial charge in [-0.3, -0.25) is 9.69 Å². The minimum Gasteiger partial charge on any atom is -0.497 e. The van der Waals surface area contributed by atoms with Crippen LogP contribution in [0.15, 0.2) is 18.2 Å². The van der Waals surface area contributed by atoms with Gasteiger partial charge in [-0.1, -0.05) is 6.92 Å². The Morgan fingerprint density at radius 2 is 1.88 bits per heavy atom. The highest BCUT2D eigenvalue weighted by Crippen LogP contribution is 2.28. The van der Waals surface area contributed by atoms with Gasteiger partial charge in [-0.15, -0.1) is 0 Å². The number of nitrogens with one attached hydrogen (secondary N) is 1. The van der Waals surface area contributed by atoms with E-state index in [2.05, 4.69) is 17.1 Å². The molecule has 1 saturated heterocycles. The number of carbonyl (C=O) groups is 1. The lowest BCUT2D eigenvalue weighted by atomic mass is 9.89. The van der Waals surface area contributed by atoms with Crippen molar-refractivity contribution in [2.24, 2.45) is 5.41 Å². The molecule has 0 aliphatic carbocycles. The van der Waals surface area contributed by atoms with Crippen molar-refractivity contribution in [3.8, 4) is 11.5 Å². The Kier molecular flexibility index (Phi) is 6.45. The molecule has 1 aliphatic heterocycles. The molecule has 0 saturated carbocycles.